The predicted octanol–water partition coefficient (Wildman–Crippen LogP) is 2.81. The summed E-state index contributed by atoms with van der Waals surface area (Å²) >= 11 is 1.77. The van der Waals surface area contributed by atoms with Crippen LogP contribution in [0.15, 0.2) is 27.8 Å². The maximum absolute atomic E-state index is 5.31. The Morgan fingerprint density at radius 1 is 1.60 bits per heavy atom. The summed E-state index contributed by atoms with van der Waals surface area (Å²) in [5, 5.41) is 4.41. The monoisotopic (exact) mass is 224 g/mol. The number of aliphatic imine (C=N–C) groups is 1. The molecular weight excluding hydrogens is 208 g/mol. The second kappa shape index (κ2) is 3.93. The van der Waals surface area contributed by atoms with Gasteiger partial charge in [-0.3, -0.25) is 4.99 Å². The molecule has 1 aliphatic heterocycles. The standard InChI is InChI=1S/C11H16N2OS/c1-8(9-5-4-6-14-9)12-10-13-11(2,3)7-15-10/h4-6,8H,7H2,1-3H3,(H,12,13). The van der Waals surface area contributed by atoms with Gasteiger partial charge >= 0.3 is 0 Å². The molecule has 1 atom stereocenters. The van der Waals surface area contributed by atoms with Crippen LogP contribution < -0.4 is 5.32 Å². The third-order valence-corrected chi connectivity index (χ3v) is 3.63. The fraction of sp³-hybridized carbons (Fsp3) is 0.545. The first kappa shape index (κ1) is 10.6. The lowest BCUT2D eigenvalue weighted by molar-refractivity contribution is 0.478. The number of amidine groups is 1. The Balaban J connectivity index is 2.05. The zero-order valence-electron chi connectivity index (χ0n) is 9.28. The van der Waals surface area contributed by atoms with Gasteiger partial charge in [0, 0.05) is 11.3 Å². The van der Waals surface area contributed by atoms with Crippen molar-refractivity contribution >= 4 is 16.9 Å². The van der Waals surface area contributed by atoms with Crippen LogP contribution in [0.25, 0.3) is 0 Å². The van der Waals surface area contributed by atoms with Gasteiger partial charge in [0.25, 0.3) is 0 Å². The van der Waals surface area contributed by atoms with Crippen LogP contribution in [0.1, 0.15) is 32.6 Å². The summed E-state index contributed by atoms with van der Waals surface area (Å²) in [6.07, 6.45) is 1.69. The highest BCUT2D eigenvalue weighted by atomic mass is 32.2. The molecule has 3 nitrogen and oxygen atoms in total. The lowest BCUT2D eigenvalue weighted by Crippen LogP contribution is -2.36. The van der Waals surface area contributed by atoms with Gasteiger partial charge in [0.2, 0.25) is 0 Å². The lowest BCUT2D eigenvalue weighted by atomic mass is 10.1. The smallest absolute Gasteiger partial charge is 0.157 e. The van der Waals surface area contributed by atoms with E-state index in [9.17, 15) is 0 Å². The van der Waals surface area contributed by atoms with Gasteiger partial charge < -0.3 is 9.73 Å². The minimum atomic E-state index is 0.0869. The Labute approximate surface area is 94.3 Å². The normalized spacial score (nSPS) is 24.1. The van der Waals surface area contributed by atoms with Crippen LogP contribution in [0, 0.1) is 0 Å². The van der Waals surface area contributed by atoms with Crippen molar-refractivity contribution in [2.75, 3.05) is 5.75 Å². The van der Waals surface area contributed by atoms with E-state index in [1.807, 2.05) is 19.1 Å². The van der Waals surface area contributed by atoms with Gasteiger partial charge in [-0.05, 0) is 32.9 Å². The molecule has 1 aromatic rings. The Kier molecular flexibility index (Phi) is 2.78. The number of thioether (sulfide) groups is 1. The van der Waals surface area contributed by atoms with Crippen molar-refractivity contribution in [1.82, 2.24) is 5.32 Å². The van der Waals surface area contributed by atoms with Crippen LogP contribution >= 0.6 is 11.8 Å². The molecule has 0 amide bonds. The Hall–Kier alpha value is -0.900. The summed E-state index contributed by atoms with van der Waals surface area (Å²) in [6.45, 7) is 6.40. The summed E-state index contributed by atoms with van der Waals surface area (Å²) in [6, 6.07) is 3.94. The van der Waals surface area contributed by atoms with Crippen molar-refractivity contribution in [3.05, 3.63) is 24.2 Å². The Bertz CT molecular complexity index is 357. The number of furan rings is 1. The molecule has 1 saturated heterocycles. The molecule has 1 unspecified atom stereocenters. The second-order valence-electron chi connectivity index (χ2n) is 4.42. The fourth-order valence-corrected chi connectivity index (χ4v) is 2.60. The average Bonchev–Trinajstić information content (AvgIpc) is 2.74. The summed E-state index contributed by atoms with van der Waals surface area (Å²) in [5.41, 5.74) is 0.159. The maximum Gasteiger partial charge on any atom is 0.157 e. The SMILES string of the molecule is CC(N=C1NC(C)(C)CS1)c1ccco1. The maximum atomic E-state index is 5.31. The Morgan fingerprint density at radius 3 is 2.93 bits per heavy atom. The van der Waals surface area contributed by atoms with Crippen LogP contribution in [0.5, 0.6) is 0 Å². The molecule has 0 aliphatic carbocycles. The molecule has 0 saturated carbocycles. The van der Waals surface area contributed by atoms with Gasteiger partial charge in [-0.15, -0.1) is 0 Å². The van der Waals surface area contributed by atoms with Crippen LogP contribution in [-0.4, -0.2) is 16.5 Å². The molecule has 0 aromatic carbocycles. The first-order valence-electron chi connectivity index (χ1n) is 5.09. The fourth-order valence-electron chi connectivity index (χ4n) is 1.45. The number of nitrogens with one attached hydrogen (secondary N) is 1. The second-order valence-corrected chi connectivity index (χ2v) is 5.39. The number of nitrogens with zero attached hydrogens (tertiary/aromatic N) is 1. The molecule has 0 radical (unpaired) electrons. The quantitative estimate of drug-likeness (QED) is 0.839. The highest BCUT2D eigenvalue weighted by Gasteiger charge is 2.27. The van der Waals surface area contributed by atoms with E-state index in [0.717, 1.165) is 16.7 Å². The van der Waals surface area contributed by atoms with Gasteiger partial charge in [0.1, 0.15) is 11.8 Å². The molecule has 1 N–H and O–H groups in total. The van der Waals surface area contributed by atoms with E-state index < -0.39 is 0 Å². The molecule has 2 rings (SSSR count). The molecule has 82 valence electrons. The molecule has 0 spiro atoms. The molecule has 4 heteroatoms. The van der Waals surface area contributed by atoms with E-state index in [4.69, 9.17) is 4.42 Å². The van der Waals surface area contributed by atoms with Gasteiger partial charge in [-0.2, -0.15) is 0 Å². The largest absolute Gasteiger partial charge is 0.467 e. The minimum Gasteiger partial charge on any atom is -0.467 e. The van der Waals surface area contributed by atoms with Crippen molar-refractivity contribution in [3.8, 4) is 0 Å². The molecule has 2 heterocycles. The number of rotatable bonds is 2. The van der Waals surface area contributed by atoms with Crippen molar-refractivity contribution in [2.45, 2.75) is 32.4 Å². The van der Waals surface area contributed by atoms with Crippen molar-refractivity contribution in [2.24, 2.45) is 4.99 Å². The first-order valence-corrected chi connectivity index (χ1v) is 6.07. The third-order valence-electron chi connectivity index (χ3n) is 2.28. The average molecular weight is 224 g/mol. The zero-order chi connectivity index (χ0) is 10.9. The van der Waals surface area contributed by atoms with Crippen molar-refractivity contribution in [1.29, 1.82) is 0 Å². The summed E-state index contributed by atoms with van der Waals surface area (Å²) < 4.78 is 5.31. The summed E-state index contributed by atoms with van der Waals surface area (Å²) in [4.78, 5) is 4.59. The molecule has 1 aliphatic rings. The van der Waals surface area contributed by atoms with E-state index in [0.29, 0.717) is 0 Å². The van der Waals surface area contributed by atoms with Crippen molar-refractivity contribution in [3.63, 3.8) is 0 Å². The van der Waals surface area contributed by atoms with E-state index in [1.165, 1.54) is 0 Å². The van der Waals surface area contributed by atoms with Crippen LogP contribution in [0.2, 0.25) is 0 Å². The van der Waals surface area contributed by atoms with E-state index in [2.05, 4.69) is 24.2 Å². The number of hydrogen-bond donors (Lipinski definition) is 1. The number of hydrogen-bond acceptors (Lipinski definition) is 3. The molecular formula is C11H16N2OS. The van der Waals surface area contributed by atoms with E-state index in [-0.39, 0.29) is 11.6 Å². The lowest BCUT2D eigenvalue weighted by Gasteiger charge is -2.16. The van der Waals surface area contributed by atoms with E-state index >= 15 is 0 Å². The van der Waals surface area contributed by atoms with E-state index in [1.54, 1.807) is 18.0 Å². The topological polar surface area (TPSA) is 37.5 Å². The molecule has 1 fully saturated rings. The summed E-state index contributed by atoms with van der Waals surface area (Å²) in [7, 11) is 0. The van der Waals surface area contributed by atoms with Crippen molar-refractivity contribution < 1.29 is 4.42 Å². The highest BCUT2D eigenvalue weighted by Crippen LogP contribution is 2.25. The van der Waals surface area contributed by atoms with Crippen LogP contribution in [0.4, 0.5) is 0 Å². The predicted molar refractivity (Wildman–Crippen MR) is 64.2 cm³/mol. The van der Waals surface area contributed by atoms with Crippen LogP contribution in [-0.2, 0) is 0 Å². The van der Waals surface area contributed by atoms with Crippen LogP contribution in [0.3, 0.4) is 0 Å². The molecule has 1 aromatic heterocycles. The third kappa shape index (κ3) is 2.56. The summed E-state index contributed by atoms with van der Waals surface area (Å²) in [5.74, 6) is 1.98. The zero-order valence-corrected chi connectivity index (χ0v) is 10.1. The minimum absolute atomic E-state index is 0.0869. The van der Waals surface area contributed by atoms with Gasteiger partial charge in [-0.1, -0.05) is 11.8 Å². The van der Waals surface area contributed by atoms with Gasteiger partial charge in [0.15, 0.2) is 5.17 Å². The highest BCUT2D eigenvalue weighted by molar-refractivity contribution is 8.14. The molecule has 0 bridgehead atoms. The first-order chi connectivity index (χ1) is 7.07. The van der Waals surface area contributed by atoms with Gasteiger partial charge in [0.05, 0.1) is 6.26 Å². The van der Waals surface area contributed by atoms with Gasteiger partial charge in [-0.25, -0.2) is 0 Å². The molecule has 15 heavy (non-hydrogen) atoms. The Morgan fingerprint density at radius 2 is 2.40 bits per heavy atom.